The molecule has 0 aliphatic carbocycles. The lowest BCUT2D eigenvalue weighted by atomic mass is 10.2. The maximum Gasteiger partial charge on any atom is 0.317 e. The summed E-state index contributed by atoms with van der Waals surface area (Å²) in [7, 11) is 1.81. The van der Waals surface area contributed by atoms with Crippen molar-refractivity contribution >= 4 is 17.4 Å². The van der Waals surface area contributed by atoms with Crippen molar-refractivity contribution in [2.45, 2.75) is 13.0 Å². The number of pyridine rings is 1. The normalized spacial score (nSPS) is 10.5. The molecule has 3 heterocycles. The van der Waals surface area contributed by atoms with Crippen LogP contribution in [0.15, 0.2) is 54.6 Å². The van der Waals surface area contributed by atoms with E-state index in [0.717, 1.165) is 17.8 Å². The van der Waals surface area contributed by atoms with E-state index in [-0.39, 0.29) is 6.03 Å². The average molecular weight is 341 g/mol. The molecule has 3 aromatic heterocycles. The van der Waals surface area contributed by atoms with Gasteiger partial charge in [-0.05, 0) is 35.6 Å². The Hall–Kier alpha value is -2.67. The third kappa shape index (κ3) is 4.20. The molecular weight excluding hydrogens is 322 g/mol. The Morgan fingerprint density at radius 1 is 1.38 bits per heavy atom. The molecule has 0 fully saturated rings. The van der Waals surface area contributed by atoms with Gasteiger partial charge in [0.1, 0.15) is 12.1 Å². The SMILES string of the molecule is CN(CCc1cccs1)C(=O)NCc1ccnc(-n2ccnc2)c1. The van der Waals surface area contributed by atoms with Gasteiger partial charge in [-0.3, -0.25) is 4.57 Å². The van der Waals surface area contributed by atoms with E-state index in [2.05, 4.69) is 26.7 Å². The second kappa shape index (κ2) is 7.74. The second-order valence-electron chi connectivity index (χ2n) is 5.40. The van der Waals surface area contributed by atoms with E-state index in [0.29, 0.717) is 13.1 Å². The van der Waals surface area contributed by atoms with E-state index in [4.69, 9.17) is 0 Å². The van der Waals surface area contributed by atoms with E-state index in [1.807, 2.05) is 36.0 Å². The fourth-order valence-corrected chi connectivity index (χ4v) is 2.95. The summed E-state index contributed by atoms with van der Waals surface area (Å²) in [6.07, 6.45) is 7.85. The topological polar surface area (TPSA) is 63.1 Å². The van der Waals surface area contributed by atoms with Crippen LogP contribution in [0.3, 0.4) is 0 Å². The Morgan fingerprint density at radius 3 is 3.04 bits per heavy atom. The molecule has 0 spiro atoms. The largest absolute Gasteiger partial charge is 0.334 e. The molecule has 124 valence electrons. The van der Waals surface area contributed by atoms with Gasteiger partial charge >= 0.3 is 6.03 Å². The van der Waals surface area contributed by atoms with Crippen LogP contribution >= 0.6 is 11.3 Å². The predicted molar refractivity (Wildman–Crippen MR) is 94.2 cm³/mol. The van der Waals surface area contributed by atoms with E-state index in [1.54, 1.807) is 35.0 Å². The number of aromatic nitrogens is 3. The molecule has 0 saturated heterocycles. The third-order valence-electron chi connectivity index (χ3n) is 3.64. The summed E-state index contributed by atoms with van der Waals surface area (Å²) >= 11 is 1.71. The third-order valence-corrected chi connectivity index (χ3v) is 4.58. The number of nitrogens with one attached hydrogen (secondary N) is 1. The molecule has 0 aliphatic rings. The van der Waals surface area contributed by atoms with Crippen LogP contribution in [0.5, 0.6) is 0 Å². The van der Waals surface area contributed by atoms with Crippen molar-refractivity contribution in [3.63, 3.8) is 0 Å². The standard InChI is InChI=1S/C17H19N5OS/c1-21(8-5-15-3-2-10-24-15)17(23)20-12-14-4-6-19-16(11-14)22-9-7-18-13-22/h2-4,6-7,9-11,13H,5,8,12H2,1H3,(H,20,23). The minimum Gasteiger partial charge on any atom is -0.334 e. The van der Waals surface area contributed by atoms with Crippen molar-refractivity contribution in [2.24, 2.45) is 0 Å². The summed E-state index contributed by atoms with van der Waals surface area (Å²) in [6, 6.07) is 7.87. The molecule has 7 heteroatoms. The first kappa shape index (κ1) is 16.2. The molecule has 2 amide bonds. The zero-order valence-electron chi connectivity index (χ0n) is 13.4. The highest BCUT2D eigenvalue weighted by Crippen LogP contribution is 2.10. The number of urea groups is 1. The molecular formula is C17H19N5OS. The summed E-state index contributed by atoms with van der Waals surface area (Å²) < 4.78 is 1.83. The number of carbonyl (C=O) groups is 1. The minimum atomic E-state index is -0.0763. The molecule has 0 aromatic carbocycles. The van der Waals surface area contributed by atoms with Crippen LogP contribution < -0.4 is 5.32 Å². The number of hydrogen-bond acceptors (Lipinski definition) is 4. The van der Waals surface area contributed by atoms with Crippen molar-refractivity contribution in [3.8, 4) is 5.82 Å². The lowest BCUT2D eigenvalue weighted by molar-refractivity contribution is 0.209. The van der Waals surface area contributed by atoms with E-state index >= 15 is 0 Å². The van der Waals surface area contributed by atoms with Gasteiger partial charge in [0.05, 0.1) is 0 Å². The van der Waals surface area contributed by atoms with Crippen LogP contribution in [0.1, 0.15) is 10.4 Å². The molecule has 24 heavy (non-hydrogen) atoms. The fraction of sp³-hybridized carbons (Fsp3) is 0.235. The number of imidazole rings is 1. The van der Waals surface area contributed by atoms with Gasteiger partial charge < -0.3 is 10.2 Å². The smallest absolute Gasteiger partial charge is 0.317 e. The molecule has 0 radical (unpaired) electrons. The van der Waals surface area contributed by atoms with Gasteiger partial charge in [0.2, 0.25) is 0 Å². The molecule has 0 bridgehead atoms. The van der Waals surface area contributed by atoms with Crippen LogP contribution in [-0.4, -0.2) is 39.1 Å². The van der Waals surface area contributed by atoms with E-state index < -0.39 is 0 Å². The van der Waals surface area contributed by atoms with Gasteiger partial charge in [-0.15, -0.1) is 11.3 Å². The minimum absolute atomic E-state index is 0.0763. The van der Waals surface area contributed by atoms with Crippen molar-refractivity contribution in [3.05, 3.63) is 65.0 Å². The van der Waals surface area contributed by atoms with E-state index in [9.17, 15) is 4.79 Å². The predicted octanol–water partition coefficient (Wildman–Crippen LogP) is 2.71. The van der Waals surface area contributed by atoms with E-state index in [1.165, 1.54) is 4.88 Å². The summed E-state index contributed by atoms with van der Waals surface area (Å²) in [5.41, 5.74) is 0.994. The Kier molecular flexibility index (Phi) is 5.22. The molecule has 0 saturated carbocycles. The summed E-state index contributed by atoms with van der Waals surface area (Å²) in [5, 5.41) is 4.99. The van der Waals surface area contributed by atoms with Crippen molar-refractivity contribution in [1.82, 2.24) is 24.8 Å². The highest BCUT2D eigenvalue weighted by Gasteiger charge is 2.09. The number of hydrogen-bond donors (Lipinski definition) is 1. The van der Waals surface area contributed by atoms with Gasteiger partial charge in [-0.2, -0.15) is 0 Å². The lowest BCUT2D eigenvalue weighted by Gasteiger charge is -2.17. The maximum absolute atomic E-state index is 12.2. The Morgan fingerprint density at radius 2 is 2.29 bits per heavy atom. The number of carbonyl (C=O) groups excluding carboxylic acids is 1. The van der Waals surface area contributed by atoms with Gasteiger partial charge in [0.15, 0.2) is 0 Å². The molecule has 0 aliphatic heterocycles. The highest BCUT2D eigenvalue weighted by molar-refractivity contribution is 7.09. The van der Waals surface area contributed by atoms with Gasteiger partial charge in [0, 0.05) is 43.6 Å². The first-order valence-corrected chi connectivity index (χ1v) is 8.55. The molecule has 0 unspecified atom stereocenters. The van der Waals surface area contributed by atoms with Gasteiger partial charge in [-0.25, -0.2) is 14.8 Å². The Labute approximate surface area is 144 Å². The first-order chi connectivity index (χ1) is 11.7. The zero-order chi connectivity index (χ0) is 16.8. The van der Waals surface area contributed by atoms with Crippen LogP contribution in [-0.2, 0) is 13.0 Å². The molecule has 3 aromatic rings. The van der Waals surface area contributed by atoms with Crippen molar-refractivity contribution in [1.29, 1.82) is 0 Å². The fourth-order valence-electron chi connectivity index (χ4n) is 2.25. The van der Waals surface area contributed by atoms with Gasteiger partial charge in [-0.1, -0.05) is 6.07 Å². The first-order valence-electron chi connectivity index (χ1n) is 7.67. The number of amides is 2. The molecule has 0 atom stereocenters. The van der Waals surface area contributed by atoms with Crippen molar-refractivity contribution in [2.75, 3.05) is 13.6 Å². The van der Waals surface area contributed by atoms with Crippen LogP contribution in [0, 0.1) is 0 Å². The van der Waals surface area contributed by atoms with Gasteiger partial charge in [0.25, 0.3) is 0 Å². The Balaban J connectivity index is 1.51. The van der Waals surface area contributed by atoms with Crippen LogP contribution in [0.25, 0.3) is 5.82 Å². The maximum atomic E-state index is 12.2. The number of likely N-dealkylation sites (N-methyl/N-ethyl adjacent to an activating group) is 1. The highest BCUT2D eigenvalue weighted by atomic mass is 32.1. The van der Waals surface area contributed by atoms with Crippen LogP contribution in [0.4, 0.5) is 4.79 Å². The summed E-state index contributed by atoms with van der Waals surface area (Å²) in [5.74, 6) is 0.783. The molecule has 1 N–H and O–H groups in total. The molecule has 3 rings (SSSR count). The molecule has 6 nitrogen and oxygen atoms in total. The summed E-state index contributed by atoms with van der Waals surface area (Å²) in [6.45, 7) is 1.16. The summed E-state index contributed by atoms with van der Waals surface area (Å²) in [4.78, 5) is 23.5. The quantitative estimate of drug-likeness (QED) is 0.750. The van der Waals surface area contributed by atoms with Crippen LogP contribution in [0.2, 0.25) is 0 Å². The average Bonchev–Trinajstić information content (AvgIpc) is 3.31. The Bertz CT molecular complexity index is 770. The number of nitrogens with zero attached hydrogens (tertiary/aromatic N) is 4. The second-order valence-corrected chi connectivity index (χ2v) is 6.43. The number of thiophene rings is 1. The van der Waals surface area contributed by atoms with Crippen molar-refractivity contribution < 1.29 is 4.79 Å². The zero-order valence-corrected chi connectivity index (χ0v) is 14.2. The number of rotatable bonds is 6. The monoisotopic (exact) mass is 341 g/mol. The lowest BCUT2D eigenvalue weighted by Crippen LogP contribution is -2.37.